The summed E-state index contributed by atoms with van der Waals surface area (Å²) in [4.78, 5) is 26.3. The topological polar surface area (TPSA) is 86.9 Å². The third-order valence-corrected chi connectivity index (χ3v) is 3.27. The molecule has 1 fully saturated rings. The predicted molar refractivity (Wildman–Crippen MR) is 68.0 cm³/mol. The molecule has 102 valence electrons. The number of nitrogens with two attached hydrogens (primary N) is 1. The second-order valence-corrected chi connectivity index (χ2v) is 4.51. The van der Waals surface area contributed by atoms with Crippen molar-refractivity contribution >= 4 is 11.9 Å². The lowest BCUT2D eigenvalue weighted by atomic mass is 10.1. The van der Waals surface area contributed by atoms with E-state index in [-0.39, 0.29) is 5.91 Å². The van der Waals surface area contributed by atoms with Gasteiger partial charge >= 0.3 is 5.97 Å². The predicted octanol–water partition coefficient (Wildman–Crippen LogP) is -0.493. The number of nitrogens with zero attached hydrogens (tertiary/aromatic N) is 2. The molecule has 0 bridgehead atoms. The molecular weight excluding hydrogens is 234 g/mol. The van der Waals surface area contributed by atoms with E-state index in [2.05, 4.69) is 6.58 Å². The van der Waals surface area contributed by atoms with Crippen molar-refractivity contribution in [3.8, 4) is 0 Å². The number of carbonyl (C=O) groups is 2. The van der Waals surface area contributed by atoms with E-state index in [0.717, 1.165) is 0 Å². The van der Waals surface area contributed by atoms with Crippen LogP contribution in [0.2, 0.25) is 0 Å². The summed E-state index contributed by atoms with van der Waals surface area (Å²) >= 11 is 0. The van der Waals surface area contributed by atoms with Gasteiger partial charge in [-0.3, -0.25) is 14.5 Å². The fourth-order valence-electron chi connectivity index (χ4n) is 2.00. The third kappa shape index (κ3) is 3.54. The Labute approximate surface area is 107 Å². The van der Waals surface area contributed by atoms with E-state index >= 15 is 0 Å². The molecule has 0 saturated carbocycles. The maximum atomic E-state index is 11.9. The molecule has 2 atom stereocenters. The molecule has 1 saturated heterocycles. The van der Waals surface area contributed by atoms with E-state index in [9.17, 15) is 9.59 Å². The molecule has 3 N–H and O–H groups in total. The second-order valence-electron chi connectivity index (χ2n) is 4.51. The molecule has 1 rings (SSSR count). The van der Waals surface area contributed by atoms with Crippen LogP contribution in [-0.4, -0.2) is 65.0 Å². The van der Waals surface area contributed by atoms with Gasteiger partial charge in [0, 0.05) is 26.2 Å². The summed E-state index contributed by atoms with van der Waals surface area (Å²) in [7, 11) is 0. The Kier molecular flexibility index (Phi) is 5.30. The van der Waals surface area contributed by atoms with Gasteiger partial charge in [-0.1, -0.05) is 6.08 Å². The maximum absolute atomic E-state index is 11.9. The van der Waals surface area contributed by atoms with Crippen molar-refractivity contribution in [2.75, 3.05) is 26.2 Å². The van der Waals surface area contributed by atoms with Crippen molar-refractivity contribution in [1.82, 2.24) is 9.80 Å². The molecular formula is C12H21N3O3. The minimum absolute atomic E-state index is 0.0856. The Morgan fingerprint density at radius 1 is 1.39 bits per heavy atom. The Morgan fingerprint density at radius 3 is 2.39 bits per heavy atom. The van der Waals surface area contributed by atoms with Gasteiger partial charge in [0.1, 0.15) is 6.04 Å². The van der Waals surface area contributed by atoms with Gasteiger partial charge in [-0.25, -0.2) is 0 Å². The minimum atomic E-state index is -0.835. The van der Waals surface area contributed by atoms with E-state index < -0.39 is 18.1 Å². The van der Waals surface area contributed by atoms with Crippen LogP contribution in [0.1, 0.15) is 13.3 Å². The Bertz CT molecular complexity index is 325. The van der Waals surface area contributed by atoms with Crippen molar-refractivity contribution in [3.05, 3.63) is 12.7 Å². The Morgan fingerprint density at radius 2 is 1.94 bits per heavy atom. The number of carboxylic acids is 1. The maximum Gasteiger partial charge on any atom is 0.320 e. The molecule has 1 aliphatic rings. The highest BCUT2D eigenvalue weighted by Crippen LogP contribution is 2.08. The Balaban J connectivity index is 2.46. The van der Waals surface area contributed by atoms with Crippen LogP contribution in [0.4, 0.5) is 0 Å². The summed E-state index contributed by atoms with van der Waals surface area (Å²) in [5.74, 6) is -0.921. The summed E-state index contributed by atoms with van der Waals surface area (Å²) < 4.78 is 0. The molecule has 0 aromatic carbocycles. The number of amides is 1. The lowest BCUT2D eigenvalue weighted by Crippen LogP contribution is -2.55. The molecule has 6 nitrogen and oxygen atoms in total. The number of rotatable bonds is 5. The first-order valence-electron chi connectivity index (χ1n) is 6.09. The first kappa shape index (κ1) is 14.7. The fourth-order valence-corrected chi connectivity index (χ4v) is 2.00. The fraction of sp³-hybridized carbons (Fsp3) is 0.667. The van der Waals surface area contributed by atoms with E-state index in [1.54, 1.807) is 17.9 Å². The number of carbonyl (C=O) groups excluding carboxylic acids is 1. The molecule has 0 aromatic rings. The average Bonchev–Trinajstić information content (AvgIpc) is 2.37. The van der Waals surface area contributed by atoms with Gasteiger partial charge in [0.25, 0.3) is 0 Å². The van der Waals surface area contributed by atoms with Crippen LogP contribution in [0.5, 0.6) is 0 Å². The van der Waals surface area contributed by atoms with Crippen molar-refractivity contribution in [2.45, 2.75) is 25.4 Å². The number of hydrogen-bond acceptors (Lipinski definition) is 4. The zero-order chi connectivity index (χ0) is 13.7. The molecule has 0 aromatic heterocycles. The summed E-state index contributed by atoms with van der Waals surface area (Å²) in [5.41, 5.74) is 5.73. The highest BCUT2D eigenvalue weighted by Gasteiger charge is 2.28. The molecule has 1 amide bonds. The molecule has 6 heteroatoms. The monoisotopic (exact) mass is 255 g/mol. The zero-order valence-electron chi connectivity index (χ0n) is 10.7. The van der Waals surface area contributed by atoms with Crippen LogP contribution in [0.25, 0.3) is 0 Å². The quantitative estimate of drug-likeness (QED) is 0.647. The van der Waals surface area contributed by atoms with Crippen molar-refractivity contribution in [3.63, 3.8) is 0 Å². The standard InChI is InChI=1S/C12H21N3O3/c1-3-4-10(13)11(16)15-7-5-14(6-8-15)9(2)12(17)18/h3,9-10H,1,4-8,13H2,2H3,(H,17,18). The van der Waals surface area contributed by atoms with E-state index in [0.29, 0.717) is 32.6 Å². The van der Waals surface area contributed by atoms with Crippen LogP contribution in [0.3, 0.4) is 0 Å². The van der Waals surface area contributed by atoms with Gasteiger partial charge in [-0.2, -0.15) is 0 Å². The minimum Gasteiger partial charge on any atom is -0.480 e. The average molecular weight is 255 g/mol. The van der Waals surface area contributed by atoms with Crippen molar-refractivity contribution in [1.29, 1.82) is 0 Å². The third-order valence-electron chi connectivity index (χ3n) is 3.27. The second kappa shape index (κ2) is 6.51. The SMILES string of the molecule is C=CCC(N)C(=O)N1CCN(C(C)C(=O)O)CC1. The van der Waals surface area contributed by atoms with Gasteiger partial charge < -0.3 is 15.7 Å². The molecule has 1 aliphatic heterocycles. The summed E-state index contributed by atoms with van der Waals surface area (Å²) in [6.45, 7) is 7.41. The zero-order valence-corrected chi connectivity index (χ0v) is 10.7. The molecule has 18 heavy (non-hydrogen) atoms. The summed E-state index contributed by atoms with van der Waals surface area (Å²) in [6, 6.07) is -1.05. The van der Waals surface area contributed by atoms with Crippen molar-refractivity contribution < 1.29 is 14.7 Å². The van der Waals surface area contributed by atoms with Crippen LogP contribution >= 0.6 is 0 Å². The molecule has 0 radical (unpaired) electrons. The molecule has 1 heterocycles. The Hall–Kier alpha value is -1.40. The molecule has 0 spiro atoms. The van der Waals surface area contributed by atoms with E-state index in [1.807, 2.05) is 4.90 Å². The summed E-state index contributed by atoms with van der Waals surface area (Å²) in [5, 5.41) is 8.91. The number of piperazine rings is 1. The lowest BCUT2D eigenvalue weighted by molar-refractivity contribution is -0.144. The lowest BCUT2D eigenvalue weighted by Gasteiger charge is -2.37. The van der Waals surface area contributed by atoms with Gasteiger partial charge in [0.05, 0.1) is 6.04 Å². The first-order valence-corrected chi connectivity index (χ1v) is 6.09. The molecule has 0 aliphatic carbocycles. The normalized spacial score (nSPS) is 20.2. The first-order chi connectivity index (χ1) is 8.47. The molecule has 2 unspecified atom stereocenters. The van der Waals surface area contributed by atoms with Crippen LogP contribution in [0.15, 0.2) is 12.7 Å². The van der Waals surface area contributed by atoms with Gasteiger partial charge in [0.15, 0.2) is 0 Å². The number of hydrogen-bond donors (Lipinski definition) is 2. The smallest absolute Gasteiger partial charge is 0.320 e. The van der Waals surface area contributed by atoms with Crippen LogP contribution < -0.4 is 5.73 Å². The largest absolute Gasteiger partial charge is 0.480 e. The highest BCUT2D eigenvalue weighted by atomic mass is 16.4. The van der Waals surface area contributed by atoms with E-state index in [1.165, 1.54) is 0 Å². The van der Waals surface area contributed by atoms with Gasteiger partial charge in [-0.05, 0) is 13.3 Å². The van der Waals surface area contributed by atoms with Gasteiger partial charge in [0.2, 0.25) is 5.91 Å². The van der Waals surface area contributed by atoms with Crippen molar-refractivity contribution in [2.24, 2.45) is 5.73 Å². The number of carboxylic acid groups (broad SMARTS) is 1. The number of aliphatic carboxylic acids is 1. The van der Waals surface area contributed by atoms with Crippen LogP contribution in [0, 0.1) is 0 Å². The van der Waals surface area contributed by atoms with Crippen LogP contribution in [-0.2, 0) is 9.59 Å². The van der Waals surface area contributed by atoms with Gasteiger partial charge in [-0.15, -0.1) is 6.58 Å². The highest BCUT2D eigenvalue weighted by molar-refractivity contribution is 5.82. The summed E-state index contributed by atoms with van der Waals surface area (Å²) in [6.07, 6.45) is 2.09. The van der Waals surface area contributed by atoms with E-state index in [4.69, 9.17) is 10.8 Å².